The Morgan fingerprint density at radius 3 is 2.91 bits per heavy atom. The van der Waals surface area contributed by atoms with Crippen molar-refractivity contribution in [2.45, 2.75) is 19.4 Å². The highest BCUT2D eigenvalue weighted by Crippen LogP contribution is 2.34. The fraction of sp³-hybridized carbons (Fsp3) is 0.421. The van der Waals surface area contributed by atoms with Crippen molar-refractivity contribution < 1.29 is 4.74 Å². The topological polar surface area (TPSA) is 37.4 Å². The van der Waals surface area contributed by atoms with Crippen LogP contribution in [-0.4, -0.2) is 42.7 Å². The first kappa shape index (κ1) is 16.0. The fourth-order valence-corrected chi connectivity index (χ4v) is 3.24. The second-order valence-electron chi connectivity index (χ2n) is 5.80. The average molecular weight is 311 g/mol. The first-order valence-corrected chi connectivity index (χ1v) is 8.46. The molecule has 4 heteroatoms. The van der Waals surface area contributed by atoms with Gasteiger partial charge in [0.1, 0.15) is 5.75 Å². The number of hydrogen-bond acceptors (Lipinski definition) is 4. The summed E-state index contributed by atoms with van der Waals surface area (Å²) in [4.78, 5) is 6.88. The van der Waals surface area contributed by atoms with Crippen molar-refractivity contribution >= 4 is 0 Å². The largest absolute Gasteiger partial charge is 0.494 e. The lowest BCUT2D eigenvalue weighted by atomic mass is 9.97. The molecule has 1 atom stereocenters. The average Bonchev–Trinajstić information content (AvgIpc) is 2.87. The van der Waals surface area contributed by atoms with Gasteiger partial charge >= 0.3 is 0 Å². The molecule has 0 amide bonds. The molecule has 1 fully saturated rings. The summed E-state index contributed by atoms with van der Waals surface area (Å²) in [6, 6.07) is 12.8. The molecule has 0 radical (unpaired) electrons. The molecule has 1 aromatic heterocycles. The second kappa shape index (κ2) is 8.09. The van der Waals surface area contributed by atoms with E-state index in [2.05, 4.69) is 39.5 Å². The van der Waals surface area contributed by atoms with E-state index in [-0.39, 0.29) is 6.04 Å². The molecule has 1 N–H and O–H groups in total. The lowest BCUT2D eigenvalue weighted by Crippen LogP contribution is -2.33. The molecule has 0 spiro atoms. The van der Waals surface area contributed by atoms with E-state index < -0.39 is 0 Å². The maximum atomic E-state index is 5.90. The lowest BCUT2D eigenvalue weighted by molar-refractivity contribution is 0.233. The van der Waals surface area contributed by atoms with Gasteiger partial charge in [-0.05, 0) is 37.6 Å². The minimum absolute atomic E-state index is 0.186. The number of pyridine rings is 1. The van der Waals surface area contributed by atoms with Crippen LogP contribution in [0.3, 0.4) is 0 Å². The molecular formula is C19H25N3O. The van der Waals surface area contributed by atoms with Gasteiger partial charge in [0.25, 0.3) is 0 Å². The molecule has 1 aliphatic heterocycles. The van der Waals surface area contributed by atoms with Crippen molar-refractivity contribution in [3.63, 3.8) is 0 Å². The summed E-state index contributed by atoms with van der Waals surface area (Å²) in [5.41, 5.74) is 2.45. The maximum Gasteiger partial charge on any atom is 0.124 e. The Morgan fingerprint density at radius 2 is 2.09 bits per heavy atom. The van der Waals surface area contributed by atoms with Crippen LogP contribution in [0.4, 0.5) is 0 Å². The molecule has 3 rings (SSSR count). The summed E-state index contributed by atoms with van der Waals surface area (Å²) >= 11 is 0. The third kappa shape index (κ3) is 3.89. The predicted molar refractivity (Wildman–Crippen MR) is 92.8 cm³/mol. The van der Waals surface area contributed by atoms with E-state index in [1.807, 2.05) is 31.5 Å². The molecule has 23 heavy (non-hydrogen) atoms. The standard InChI is InChI=1S/C19H25N3O/c1-2-23-18-9-4-3-8-17(18)19(16-7-5-10-21-15-16)22-13-6-11-20-12-14-22/h3-5,7-10,15,19-20H,2,6,11-14H2,1H3. The van der Waals surface area contributed by atoms with Crippen LogP contribution < -0.4 is 10.1 Å². The number of ether oxygens (including phenoxy) is 1. The van der Waals surface area contributed by atoms with Crippen LogP contribution >= 0.6 is 0 Å². The van der Waals surface area contributed by atoms with Gasteiger partial charge in [-0.1, -0.05) is 24.3 Å². The van der Waals surface area contributed by atoms with Gasteiger partial charge in [-0.15, -0.1) is 0 Å². The van der Waals surface area contributed by atoms with Crippen LogP contribution in [0, 0.1) is 0 Å². The zero-order valence-corrected chi connectivity index (χ0v) is 13.7. The quantitative estimate of drug-likeness (QED) is 0.921. The van der Waals surface area contributed by atoms with Gasteiger partial charge in [-0.2, -0.15) is 0 Å². The summed E-state index contributed by atoms with van der Waals surface area (Å²) in [6.07, 6.45) is 4.97. The van der Waals surface area contributed by atoms with Crippen molar-refractivity contribution in [1.82, 2.24) is 15.2 Å². The number of rotatable bonds is 5. The summed E-state index contributed by atoms with van der Waals surface area (Å²) in [6.45, 7) is 6.92. The summed E-state index contributed by atoms with van der Waals surface area (Å²) in [5.74, 6) is 0.973. The van der Waals surface area contributed by atoms with E-state index in [4.69, 9.17) is 4.74 Å². The van der Waals surface area contributed by atoms with E-state index in [9.17, 15) is 0 Å². The highest BCUT2D eigenvalue weighted by Gasteiger charge is 2.25. The van der Waals surface area contributed by atoms with Gasteiger partial charge in [-0.25, -0.2) is 0 Å². The highest BCUT2D eigenvalue weighted by atomic mass is 16.5. The molecule has 1 unspecified atom stereocenters. The first-order chi connectivity index (χ1) is 11.4. The number of para-hydroxylation sites is 1. The Balaban J connectivity index is 2.01. The van der Waals surface area contributed by atoms with E-state index in [1.165, 1.54) is 11.1 Å². The van der Waals surface area contributed by atoms with Gasteiger partial charge in [0.05, 0.1) is 12.6 Å². The molecule has 1 saturated heterocycles. The first-order valence-electron chi connectivity index (χ1n) is 8.46. The minimum Gasteiger partial charge on any atom is -0.494 e. The molecule has 122 valence electrons. The monoisotopic (exact) mass is 311 g/mol. The Hall–Kier alpha value is -1.91. The molecule has 0 bridgehead atoms. The molecule has 1 aromatic carbocycles. The smallest absolute Gasteiger partial charge is 0.124 e. The van der Waals surface area contributed by atoms with Crippen LogP contribution in [0.15, 0.2) is 48.8 Å². The normalized spacial score (nSPS) is 17.4. The van der Waals surface area contributed by atoms with Crippen molar-refractivity contribution in [3.8, 4) is 5.75 Å². The Morgan fingerprint density at radius 1 is 1.17 bits per heavy atom. The summed E-state index contributed by atoms with van der Waals surface area (Å²) in [5, 5.41) is 3.49. The molecule has 0 aliphatic carbocycles. The van der Waals surface area contributed by atoms with E-state index >= 15 is 0 Å². The van der Waals surface area contributed by atoms with Gasteiger partial charge in [-0.3, -0.25) is 9.88 Å². The number of benzene rings is 1. The molecule has 4 nitrogen and oxygen atoms in total. The molecule has 1 aliphatic rings. The summed E-state index contributed by atoms with van der Waals surface area (Å²) in [7, 11) is 0. The van der Waals surface area contributed by atoms with Crippen molar-refractivity contribution in [1.29, 1.82) is 0 Å². The number of aromatic nitrogens is 1. The van der Waals surface area contributed by atoms with E-state index in [0.29, 0.717) is 6.61 Å². The Bertz CT molecular complexity index is 595. The summed E-state index contributed by atoms with van der Waals surface area (Å²) < 4.78 is 5.90. The van der Waals surface area contributed by atoms with Crippen LogP contribution in [0.1, 0.15) is 30.5 Å². The zero-order chi connectivity index (χ0) is 15.9. The van der Waals surface area contributed by atoms with E-state index in [1.54, 1.807) is 0 Å². The van der Waals surface area contributed by atoms with Crippen molar-refractivity contribution in [2.24, 2.45) is 0 Å². The van der Waals surface area contributed by atoms with Crippen LogP contribution in [0.25, 0.3) is 0 Å². The number of hydrogen-bond donors (Lipinski definition) is 1. The zero-order valence-electron chi connectivity index (χ0n) is 13.7. The fourth-order valence-electron chi connectivity index (χ4n) is 3.24. The van der Waals surface area contributed by atoms with Gasteiger partial charge in [0.2, 0.25) is 0 Å². The maximum absolute atomic E-state index is 5.90. The molecular weight excluding hydrogens is 286 g/mol. The minimum atomic E-state index is 0.186. The van der Waals surface area contributed by atoms with Crippen molar-refractivity contribution in [2.75, 3.05) is 32.8 Å². The van der Waals surface area contributed by atoms with Crippen molar-refractivity contribution in [3.05, 3.63) is 59.9 Å². The third-order valence-electron chi connectivity index (χ3n) is 4.25. The number of nitrogens with one attached hydrogen (secondary N) is 1. The molecule has 0 saturated carbocycles. The van der Waals surface area contributed by atoms with Gasteiger partial charge in [0.15, 0.2) is 0 Å². The highest BCUT2D eigenvalue weighted by molar-refractivity contribution is 5.41. The van der Waals surface area contributed by atoms with Gasteiger partial charge in [0, 0.05) is 37.6 Å². The van der Waals surface area contributed by atoms with Crippen LogP contribution in [-0.2, 0) is 0 Å². The lowest BCUT2D eigenvalue weighted by Gasteiger charge is -2.32. The van der Waals surface area contributed by atoms with Gasteiger partial charge < -0.3 is 10.1 Å². The van der Waals surface area contributed by atoms with Crippen LogP contribution in [0.5, 0.6) is 5.75 Å². The predicted octanol–water partition coefficient (Wildman–Crippen LogP) is 2.87. The van der Waals surface area contributed by atoms with E-state index in [0.717, 1.165) is 38.3 Å². The third-order valence-corrected chi connectivity index (χ3v) is 4.25. The van der Waals surface area contributed by atoms with Crippen LogP contribution in [0.2, 0.25) is 0 Å². The second-order valence-corrected chi connectivity index (χ2v) is 5.80. The molecule has 2 heterocycles. The molecule has 2 aromatic rings. The number of nitrogens with zero attached hydrogens (tertiary/aromatic N) is 2. The Labute approximate surface area is 138 Å². The SMILES string of the molecule is CCOc1ccccc1C(c1cccnc1)N1CCCNCC1. The Kier molecular flexibility index (Phi) is 5.61.